The van der Waals surface area contributed by atoms with Gasteiger partial charge in [0.25, 0.3) is 0 Å². The zero-order valence-electron chi connectivity index (χ0n) is 11.9. The Morgan fingerprint density at radius 3 is 1.95 bits per heavy atom. The Morgan fingerprint density at radius 1 is 0.952 bits per heavy atom. The predicted molar refractivity (Wildman–Crippen MR) is 77.8 cm³/mol. The van der Waals surface area contributed by atoms with Gasteiger partial charge in [0.1, 0.15) is 5.75 Å². The van der Waals surface area contributed by atoms with E-state index in [1.54, 1.807) is 24.5 Å². The predicted octanol–water partition coefficient (Wildman–Crippen LogP) is 3.03. The standard InChI is InChI=1S/C14H15ClN2O4/c1-18-11-4-10(5-12(19-2)13(11)20-3)21-14-16-7-9(6-15)8-17-14/h4-5,7-8H,6H2,1-3H3. The van der Waals surface area contributed by atoms with Crippen LogP contribution >= 0.6 is 11.6 Å². The van der Waals surface area contributed by atoms with E-state index < -0.39 is 0 Å². The van der Waals surface area contributed by atoms with Crippen molar-refractivity contribution >= 4 is 11.6 Å². The van der Waals surface area contributed by atoms with Crippen LogP contribution in [0.15, 0.2) is 24.5 Å². The van der Waals surface area contributed by atoms with E-state index in [1.165, 1.54) is 21.3 Å². The summed E-state index contributed by atoms with van der Waals surface area (Å²) in [4.78, 5) is 8.14. The molecule has 21 heavy (non-hydrogen) atoms. The molecule has 0 aliphatic rings. The van der Waals surface area contributed by atoms with Crippen LogP contribution in [0.2, 0.25) is 0 Å². The summed E-state index contributed by atoms with van der Waals surface area (Å²) in [6.07, 6.45) is 3.21. The number of ether oxygens (including phenoxy) is 4. The van der Waals surface area contributed by atoms with Gasteiger partial charge in [0.05, 0.1) is 27.2 Å². The molecule has 0 amide bonds. The van der Waals surface area contributed by atoms with Crippen LogP contribution < -0.4 is 18.9 Å². The van der Waals surface area contributed by atoms with Crippen LogP contribution in [0.4, 0.5) is 0 Å². The Balaban J connectivity index is 2.30. The number of benzene rings is 1. The highest BCUT2D eigenvalue weighted by atomic mass is 35.5. The lowest BCUT2D eigenvalue weighted by molar-refractivity contribution is 0.320. The van der Waals surface area contributed by atoms with E-state index in [9.17, 15) is 0 Å². The second-order valence-corrected chi connectivity index (χ2v) is 4.24. The van der Waals surface area contributed by atoms with Crippen molar-refractivity contribution in [2.45, 2.75) is 5.88 Å². The fourth-order valence-electron chi connectivity index (χ4n) is 1.69. The number of aromatic nitrogens is 2. The van der Waals surface area contributed by atoms with Crippen molar-refractivity contribution in [3.05, 3.63) is 30.1 Å². The summed E-state index contributed by atoms with van der Waals surface area (Å²) < 4.78 is 21.3. The summed E-state index contributed by atoms with van der Waals surface area (Å²) in [7, 11) is 4.61. The molecule has 6 nitrogen and oxygen atoms in total. The molecule has 0 aliphatic heterocycles. The highest BCUT2D eigenvalue weighted by Gasteiger charge is 2.14. The number of methoxy groups -OCH3 is 3. The maximum Gasteiger partial charge on any atom is 0.321 e. The molecule has 0 radical (unpaired) electrons. The van der Waals surface area contributed by atoms with Crippen LogP contribution in [-0.4, -0.2) is 31.3 Å². The Bertz CT molecular complexity index is 579. The fraction of sp³-hybridized carbons (Fsp3) is 0.286. The highest BCUT2D eigenvalue weighted by molar-refractivity contribution is 6.17. The normalized spacial score (nSPS) is 10.1. The number of halogens is 1. The largest absolute Gasteiger partial charge is 0.493 e. The molecule has 0 atom stereocenters. The second-order valence-electron chi connectivity index (χ2n) is 3.97. The first-order valence-corrected chi connectivity index (χ1v) is 6.60. The molecule has 0 spiro atoms. The number of nitrogens with zero attached hydrogens (tertiary/aromatic N) is 2. The number of hydrogen-bond acceptors (Lipinski definition) is 6. The van der Waals surface area contributed by atoms with Crippen LogP contribution in [0.25, 0.3) is 0 Å². The van der Waals surface area contributed by atoms with Crippen molar-refractivity contribution in [3.63, 3.8) is 0 Å². The van der Waals surface area contributed by atoms with Crippen LogP contribution in [0.5, 0.6) is 29.0 Å². The van der Waals surface area contributed by atoms with E-state index in [4.69, 9.17) is 30.5 Å². The maximum absolute atomic E-state index is 5.68. The molecule has 0 saturated carbocycles. The molecule has 0 aliphatic carbocycles. The molecule has 1 aromatic heterocycles. The van der Waals surface area contributed by atoms with Gasteiger partial charge in [-0.1, -0.05) is 0 Å². The molecule has 112 valence electrons. The van der Waals surface area contributed by atoms with Gasteiger partial charge in [0.15, 0.2) is 11.5 Å². The van der Waals surface area contributed by atoms with Gasteiger partial charge in [-0.05, 0) is 0 Å². The average molecular weight is 311 g/mol. The summed E-state index contributed by atoms with van der Waals surface area (Å²) in [5.41, 5.74) is 0.814. The summed E-state index contributed by atoms with van der Waals surface area (Å²) in [5.74, 6) is 2.30. The SMILES string of the molecule is COc1cc(Oc2ncc(CCl)cn2)cc(OC)c1OC. The van der Waals surface area contributed by atoms with Gasteiger partial charge in [0, 0.05) is 30.1 Å². The molecule has 7 heteroatoms. The molecule has 2 aromatic rings. The third-order valence-corrected chi connectivity index (χ3v) is 2.99. The quantitative estimate of drug-likeness (QED) is 0.764. The highest BCUT2D eigenvalue weighted by Crippen LogP contribution is 2.41. The maximum atomic E-state index is 5.68. The zero-order chi connectivity index (χ0) is 15.2. The third-order valence-electron chi connectivity index (χ3n) is 2.68. The lowest BCUT2D eigenvalue weighted by atomic mass is 10.2. The Kier molecular flexibility index (Phi) is 5.05. The first kappa shape index (κ1) is 15.2. The lowest BCUT2D eigenvalue weighted by Crippen LogP contribution is -1.97. The molecule has 0 N–H and O–H groups in total. The first-order valence-electron chi connectivity index (χ1n) is 6.06. The summed E-state index contributed by atoms with van der Waals surface area (Å²) in [6, 6.07) is 3.54. The topological polar surface area (TPSA) is 62.7 Å². The van der Waals surface area contributed by atoms with Crippen LogP contribution in [0, 0.1) is 0 Å². The van der Waals surface area contributed by atoms with Crippen molar-refractivity contribution in [1.82, 2.24) is 9.97 Å². The minimum Gasteiger partial charge on any atom is -0.493 e. The molecule has 0 unspecified atom stereocenters. The van der Waals surface area contributed by atoms with Crippen molar-refractivity contribution in [2.24, 2.45) is 0 Å². The van der Waals surface area contributed by atoms with Crippen molar-refractivity contribution < 1.29 is 18.9 Å². The van der Waals surface area contributed by atoms with Crippen molar-refractivity contribution in [3.8, 4) is 29.0 Å². The summed E-state index contributed by atoms with van der Waals surface area (Å²) >= 11 is 5.68. The van der Waals surface area contributed by atoms with Gasteiger partial charge in [0.2, 0.25) is 5.75 Å². The van der Waals surface area contributed by atoms with E-state index >= 15 is 0 Å². The minimum absolute atomic E-state index is 0.207. The smallest absolute Gasteiger partial charge is 0.321 e. The third kappa shape index (κ3) is 3.46. The van der Waals surface area contributed by atoms with Crippen LogP contribution in [0.1, 0.15) is 5.56 Å². The van der Waals surface area contributed by atoms with E-state index in [2.05, 4.69) is 9.97 Å². The molecule has 2 rings (SSSR count). The van der Waals surface area contributed by atoms with E-state index in [0.29, 0.717) is 28.9 Å². The molecule has 0 fully saturated rings. The summed E-state index contributed by atoms with van der Waals surface area (Å²) in [6.45, 7) is 0. The lowest BCUT2D eigenvalue weighted by Gasteiger charge is -2.13. The van der Waals surface area contributed by atoms with Crippen LogP contribution in [0.3, 0.4) is 0 Å². The van der Waals surface area contributed by atoms with E-state index in [-0.39, 0.29) is 6.01 Å². The number of rotatable bonds is 6. The molecular weight excluding hydrogens is 296 g/mol. The Morgan fingerprint density at radius 2 is 1.52 bits per heavy atom. The van der Waals surface area contributed by atoms with E-state index in [0.717, 1.165) is 5.56 Å². The molecule has 0 bridgehead atoms. The molecular formula is C14H15ClN2O4. The van der Waals surface area contributed by atoms with Gasteiger partial charge < -0.3 is 18.9 Å². The van der Waals surface area contributed by atoms with Crippen LogP contribution in [-0.2, 0) is 5.88 Å². The first-order chi connectivity index (χ1) is 10.2. The molecule has 1 aromatic carbocycles. The fourth-order valence-corrected chi connectivity index (χ4v) is 1.82. The Hall–Kier alpha value is -2.21. The van der Waals surface area contributed by atoms with Crippen molar-refractivity contribution in [2.75, 3.05) is 21.3 Å². The molecule has 0 saturated heterocycles. The van der Waals surface area contributed by atoms with Gasteiger partial charge in [-0.25, -0.2) is 9.97 Å². The second kappa shape index (κ2) is 6.99. The number of alkyl halides is 1. The van der Waals surface area contributed by atoms with Gasteiger partial charge in [-0.2, -0.15) is 0 Å². The Labute approximate surface area is 127 Å². The summed E-state index contributed by atoms with van der Waals surface area (Å²) in [5, 5.41) is 0. The van der Waals surface area contributed by atoms with Gasteiger partial charge in [-0.3, -0.25) is 0 Å². The minimum atomic E-state index is 0.207. The van der Waals surface area contributed by atoms with Crippen molar-refractivity contribution in [1.29, 1.82) is 0 Å². The van der Waals surface area contributed by atoms with Gasteiger partial charge in [-0.15, -0.1) is 11.6 Å². The average Bonchev–Trinajstić information content (AvgIpc) is 2.54. The monoisotopic (exact) mass is 310 g/mol. The molecule has 1 heterocycles. The van der Waals surface area contributed by atoms with E-state index in [1.807, 2.05) is 0 Å². The zero-order valence-corrected chi connectivity index (χ0v) is 12.7. The number of hydrogen-bond donors (Lipinski definition) is 0. The van der Waals surface area contributed by atoms with Gasteiger partial charge >= 0.3 is 6.01 Å².